The summed E-state index contributed by atoms with van der Waals surface area (Å²) in [4.78, 5) is 20.0. The van der Waals surface area contributed by atoms with Crippen molar-refractivity contribution in [2.45, 2.75) is 24.9 Å². The van der Waals surface area contributed by atoms with Gasteiger partial charge in [0.05, 0.1) is 12.3 Å². The second kappa shape index (κ2) is 10.5. The Hall–Kier alpha value is -3.31. The molecular formula is C27H23ClN4OS2. The van der Waals surface area contributed by atoms with Gasteiger partial charge in [-0.15, -0.1) is 11.3 Å². The van der Waals surface area contributed by atoms with Crippen LogP contribution in [0.25, 0.3) is 16.0 Å². The zero-order valence-electron chi connectivity index (χ0n) is 19.3. The van der Waals surface area contributed by atoms with Gasteiger partial charge in [-0.3, -0.25) is 9.36 Å². The number of hydrogen-bond donors (Lipinski definition) is 0. The lowest BCUT2D eigenvalue weighted by Crippen LogP contribution is -3.00. The van der Waals surface area contributed by atoms with E-state index in [2.05, 4.69) is 56.9 Å². The zero-order chi connectivity index (χ0) is 23.7. The van der Waals surface area contributed by atoms with Gasteiger partial charge in [0, 0.05) is 42.3 Å². The Kier molecular flexibility index (Phi) is 7.46. The largest absolute Gasteiger partial charge is 1.00 e. The number of hydrogen-bond acceptors (Lipinski definition) is 4. The first-order valence-electron chi connectivity index (χ1n) is 11.0. The summed E-state index contributed by atoms with van der Waals surface area (Å²) >= 11 is 3.09. The summed E-state index contributed by atoms with van der Waals surface area (Å²) in [7, 11) is 1.98. The van der Waals surface area contributed by atoms with Crippen LogP contribution in [-0.4, -0.2) is 11.6 Å². The monoisotopic (exact) mass is 518 g/mol. The fourth-order valence-electron chi connectivity index (χ4n) is 4.05. The zero-order valence-corrected chi connectivity index (χ0v) is 21.7. The van der Waals surface area contributed by atoms with E-state index in [-0.39, 0.29) is 18.0 Å². The van der Waals surface area contributed by atoms with E-state index in [9.17, 15) is 4.79 Å². The van der Waals surface area contributed by atoms with Crippen LogP contribution in [0.5, 0.6) is 0 Å². The fourth-order valence-corrected chi connectivity index (χ4v) is 6.55. The minimum atomic E-state index is 0. The molecule has 0 saturated carbocycles. The van der Waals surface area contributed by atoms with Crippen molar-refractivity contribution in [3.63, 3.8) is 0 Å². The lowest BCUT2D eigenvalue weighted by atomic mass is 10.2. The summed E-state index contributed by atoms with van der Waals surface area (Å²) < 4.78 is 5.70. The lowest BCUT2D eigenvalue weighted by molar-refractivity contribution is -0.690. The first-order chi connectivity index (χ1) is 16.6. The SMILES string of the molecule is [C-]#[N+]c1ccc2c(c1)S/C(=c1/s/c(=C\c3cccc[n+]3Cc3ccccc3)n(CC)c1=O)N2C.[Cl-]. The molecule has 176 valence electrons. The molecule has 0 saturated heterocycles. The van der Waals surface area contributed by atoms with E-state index in [4.69, 9.17) is 6.57 Å². The molecule has 0 amide bonds. The molecule has 8 heteroatoms. The first-order valence-corrected chi connectivity index (χ1v) is 12.6. The van der Waals surface area contributed by atoms with Crippen molar-refractivity contribution < 1.29 is 17.0 Å². The molecule has 0 N–H and O–H groups in total. The van der Waals surface area contributed by atoms with Crippen molar-refractivity contribution in [3.05, 3.63) is 115 Å². The average Bonchev–Trinajstić information content (AvgIpc) is 3.35. The van der Waals surface area contributed by atoms with Crippen LogP contribution in [0.2, 0.25) is 0 Å². The standard InChI is InChI=1S/C27H23N4OS2.ClH/c1-4-31-24(17-21-12-8-9-15-30(21)18-19-10-6-5-7-11-19)34-25(26(31)32)27-29(3)22-14-13-20(28-2)16-23(22)33-27;/h5-17H,4,18H2,1,3H3;1H/q+1;/p-1/b27-25+;. The van der Waals surface area contributed by atoms with Crippen LogP contribution in [0.4, 0.5) is 11.4 Å². The van der Waals surface area contributed by atoms with Gasteiger partial charge in [0.1, 0.15) is 14.2 Å². The van der Waals surface area contributed by atoms with E-state index in [0.717, 1.165) is 37.0 Å². The van der Waals surface area contributed by atoms with Crippen molar-refractivity contribution in [2.24, 2.45) is 0 Å². The number of nitrogens with zero attached hydrogens (tertiary/aromatic N) is 4. The van der Waals surface area contributed by atoms with Gasteiger partial charge in [-0.05, 0) is 25.1 Å². The summed E-state index contributed by atoms with van der Waals surface area (Å²) in [5.41, 5.74) is 3.93. The van der Waals surface area contributed by atoms with Gasteiger partial charge in [-0.1, -0.05) is 48.2 Å². The molecule has 2 aromatic carbocycles. The quantitative estimate of drug-likeness (QED) is 0.298. The highest BCUT2D eigenvalue weighted by molar-refractivity contribution is 8.08. The maximum atomic E-state index is 13.4. The predicted octanol–water partition coefficient (Wildman–Crippen LogP) is 0.957. The number of thiazole rings is 1. The van der Waals surface area contributed by atoms with Gasteiger partial charge in [-0.2, -0.15) is 4.57 Å². The maximum Gasteiger partial charge on any atom is 0.271 e. The van der Waals surface area contributed by atoms with E-state index in [1.165, 1.54) is 16.9 Å². The van der Waals surface area contributed by atoms with Gasteiger partial charge >= 0.3 is 0 Å². The number of aromatic nitrogens is 2. The Morgan fingerprint density at radius 2 is 1.86 bits per heavy atom. The van der Waals surface area contributed by atoms with E-state index in [0.29, 0.717) is 12.2 Å². The molecule has 35 heavy (non-hydrogen) atoms. The lowest BCUT2D eigenvalue weighted by Gasteiger charge is -2.12. The van der Waals surface area contributed by atoms with Gasteiger partial charge in [0.15, 0.2) is 18.4 Å². The highest BCUT2D eigenvalue weighted by Gasteiger charge is 2.25. The molecule has 5 rings (SSSR count). The van der Waals surface area contributed by atoms with Gasteiger partial charge in [-0.25, -0.2) is 4.85 Å². The summed E-state index contributed by atoms with van der Waals surface area (Å²) in [5, 5.41) is 0.916. The van der Waals surface area contributed by atoms with Gasteiger partial charge in [0.2, 0.25) is 5.69 Å². The van der Waals surface area contributed by atoms with E-state index in [1.54, 1.807) is 11.8 Å². The Morgan fingerprint density at radius 3 is 2.60 bits per heavy atom. The Labute approximate surface area is 218 Å². The van der Waals surface area contributed by atoms with Crippen LogP contribution in [0.15, 0.2) is 82.6 Å². The van der Waals surface area contributed by atoms with Crippen LogP contribution >= 0.6 is 23.1 Å². The third-order valence-electron chi connectivity index (χ3n) is 5.81. The molecule has 0 fully saturated rings. The second-order valence-corrected chi connectivity index (χ2v) is 9.99. The number of thioether (sulfide) groups is 1. The number of rotatable bonds is 4. The predicted molar refractivity (Wildman–Crippen MR) is 140 cm³/mol. The van der Waals surface area contributed by atoms with Gasteiger partial charge < -0.3 is 17.3 Å². The van der Waals surface area contributed by atoms with Crippen molar-refractivity contribution >= 4 is 45.6 Å². The number of pyridine rings is 1. The molecule has 0 spiro atoms. The molecule has 0 unspecified atom stereocenters. The summed E-state index contributed by atoms with van der Waals surface area (Å²) in [6.07, 6.45) is 4.18. The smallest absolute Gasteiger partial charge is 0.271 e. The van der Waals surface area contributed by atoms with Crippen molar-refractivity contribution in [1.82, 2.24) is 4.57 Å². The molecule has 0 bridgehead atoms. The highest BCUT2D eigenvalue weighted by Crippen LogP contribution is 2.46. The molecule has 0 atom stereocenters. The Morgan fingerprint density at radius 1 is 1.09 bits per heavy atom. The minimum absolute atomic E-state index is 0. The van der Waals surface area contributed by atoms with Gasteiger partial charge in [0.25, 0.3) is 5.56 Å². The van der Waals surface area contributed by atoms with Crippen LogP contribution < -0.4 is 36.6 Å². The summed E-state index contributed by atoms with van der Waals surface area (Å²) in [6.45, 7) is 10.7. The normalized spacial score (nSPS) is 14.4. The molecule has 3 heterocycles. The molecule has 0 radical (unpaired) electrons. The number of benzene rings is 2. The van der Waals surface area contributed by atoms with Crippen molar-refractivity contribution in [1.29, 1.82) is 0 Å². The molecule has 1 aliphatic heterocycles. The van der Waals surface area contributed by atoms with Crippen LogP contribution in [0.3, 0.4) is 0 Å². The first kappa shape index (κ1) is 24.8. The molecular weight excluding hydrogens is 496 g/mol. The van der Waals surface area contributed by atoms with Crippen molar-refractivity contribution in [2.75, 3.05) is 11.9 Å². The highest BCUT2D eigenvalue weighted by atomic mass is 35.5. The molecule has 4 aromatic rings. The topological polar surface area (TPSA) is 33.5 Å². The number of fused-ring (bicyclic) bond motifs is 1. The van der Waals surface area contributed by atoms with Crippen LogP contribution in [-0.2, 0) is 13.1 Å². The Bertz CT molecular complexity index is 1600. The fraction of sp³-hybridized carbons (Fsp3) is 0.148. The molecule has 0 aliphatic carbocycles. The van der Waals surface area contributed by atoms with Crippen LogP contribution in [0, 0.1) is 6.57 Å². The van der Waals surface area contributed by atoms with Crippen LogP contribution in [0.1, 0.15) is 18.2 Å². The van der Waals surface area contributed by atoms with E-state index >= 15 is 0 Å². The van der Waals surface area contributed by atoms with Crippen molar-refractivity contribution in [3.8, 4) is 0 Å². The number of halogens is 1. The van der Waals surface area contributed by atoms with E-state index in [1.807, 2.05) is 54.9 Å². The molecule has 5 nitrogen and oxygen atoms in total. The third kappa shape index (κ3) is 4.78. The Balaban J connectivity index is 0.00000289. The maximum absolute atomic E-state index is 13.4. The summed E-state index contributed by atoms with van der Waals surface area (Å²) in [5.74, 6) is 0. The summed E-state index contributed by atoms with van der Waals surface area (Å²) in [6, 6.07) is 22.2. The average molecular weight is 519 g/mol. The second-order valence-electron chi connectivity index (χ2n) is 7.93. The molecule has 2 aromatic heterocycles. The minimum Gasteiger partial charge on any atom is -1.00 e. The van der Waals surface area contributed by atoms with E-state index < -0.39 is 0 Å². The third-order valence-corrected chi connectivity index (χ3v) is 8.28. The number of anilines is 1. The molecule has 1 aliphatic rings.